The molecule has 0 spiro atoms. The summed E-state index contributed by atoms with van der Waals surface area (Å²) >= 11 is 0. The molecular formula is C11H16N2O2. The molecule has 0 radical (unpaired) electrons. The standard InChI is InChI=1S/C11H16N2O2/c1-2-9(12)11(15)13-10-6-4-3-5-8(10)7-14/h3-6,9,14H,2,7,12H2,1H3,(H,13,15). The Morgan fingerprint density at radius 1 is 1.53 bits per heavy atom. The van der Waals surface area contributed by atoms with Crippen LogP contribution in [0.3, 0.4) is 0 Å². The lowest BCUT2D eigenvalue weighted by Crippen LogP contribution is -2.35. The average Bonchev–Trinajstić information content (AvgIpc) is 2.28. The molecule has 1 aromatic rings. The number of carbonyl (C=O) groups excluding carboxylic acids is 1. The van der Waals surface area contributed by atoms with Crippen LogP contribution in [-0.2, 0) is 11.4 Å². The number of hydrogen-bond donors (Lipinski definition) is 3. The molecule has 1 rings (SSSR count). The zero-order chi connectivity index (χ0) is 11.3. The Hall–Kier alpha value is -1.39. The lowest BCUT2D eigenvalue weighted by atomic mass is 10.1. The maximum absolute atomic E-state index is 11.5. The van der Waals surface area contributed by atoms with Crippen LogP contribution in [0.1, 0.15) is 18.9 Å². The van der Waals surface area contributed by atoms with Crippen LogP contribution in [-0.4, -0.2) is 17.1 Å². The summed E-state index contributed by atoms with van der Waals surface area (Å²) in [5.41, 5.74) is 6.89. The third kappa shape index (κ3) is 3.04. The number of aliphatic hydroxyl groups excluding tert-OH is 1. The Balaban J connectivity index is 2.76. The third-order valence-electron chi connectivity index (χ3n) is 2.22. The van der Waals surface area contributed by atoms with Crippen molar-refractivity contribution in [3.05, 3.63) is 29.8 Å². The maximum atomic E-state index is 11.5. The topological polar surface area (TPSA) is 75.4 Å². The molecule has 0 aromatic heterocycles. The van der Waals surface area contributed by atoms with Gasteiger partial charge >= 0.3 is 0 Å². The summed E-state index contributed by atoms with van der Waals surface area (Å²) in [7, 11) is 0. The molecule has 1 amide bonds. The van der Waals surface area contributed by atoms with Gasteiger partial charge in [-0.15, -0.1) is 0 Å². The minimum atomic E-state index is -0.503. The lowest BCUT2D eigenvalue weighted by Gasteiger charge is -2.12. The van der Waals surface area contributed by atoms with Crippen molar-refractivity contribution in [3.8, 4) is 0 Å². The van der Waals surface area contributed by atoms with E-state index in [0.29, 0.717) is 17.7 Å². The first kappa shape index (κ1) is 11.7. The molecule has 15 heavy (non-hydrogen) atoms. The molecular weight excluding hydrogens is 192 g/mol. The predicted octanol–water partition coefficient (Wildman–Crippen LogP) is 0.855. The lowest BCUT2D eigenvalue weighted by molar-refractivity contribution is -0.117. The number of benzene rings is 1. The highest BCUT2D eigenvalue weighted by Gasteiger charge is 2.12. The molecule has 1 unspecified atom stereocenters. The Morgan fingerprint density at radius 2 is 2.20 bits per heavy atom. The SMILES string of the molecule is CCC(N)C(=O)Nc1ccccc1CO. The monoisotopic (exact) mass is 208 g/mol. The van der Waals surface area contributed by atoms with Crippen molar-refractivity contribution in [3.63, 3.8) is 0 Å². The molecule has 4 heteroatoms. The van der Waals surface area contributed by atoms with E-state index in [9.17, 15) is 4.79 Å². The summed E-state index contributed by atoms with van der Waals surface area (Å²) in [5, 5.41) is 11.7. The number of rotatable bonds is 4. The summed E-state index contributed by atoms with van der Waals surface area (Å²) in [6.45, 7) is 1.75. The van der Waals surface area contributed by atoms with Gasteiger partial charge in [0.2, 0.25) is 5.91 Å². The van der Waals surface area contributed by atoms with E-state index in [0.717, 1.165) is 0 Å². The first-order valence-electron chi connectivity index (χ1n) is 4.94. The second-order valence-electron chi connectivity index (χ2n) is 3.32. The number of nitrogens with two attached hydrogens (primary N) is 1. The van der Waals surface area contributed by atoms with Gasteiger partial charge in [-0.25, -0.2) is 0 Å². The number of aliphatic hydroxyl groups is 1. The number of carbonyl (C=O) groups is 1. The molecule has 0 fully saturated rings. The van der Waals surface area contributed by atoms with E-state index in [1.165, 1.54) is 0 Å². The fraction of sp³-hybridized carbons (Fsp3) is 0.364. The molecule has 1 atom stereocenters. The summed E-state index contributed by atoms with van der Waals surface area (Å²) in [6, 6.07) is 6.60. The molecule has 4 nitrogen and oxygen atoms in total. The van der Waals surface area contributed by atoms with Crippen molar-refractivity contribution in [1.29, 1.82) is 0 Å². The Bertz CT molecular complexity index is 339. The van der Waals surface area contributed by atoms with E-state index in [1.54, 1.807) is 24.3 Å². The van der Waals surface area contributed by atoms with Gasteiger partial charge in [-0.1, -0.05) is 25.1 Å². The van der Waals surface area contributed by atoms with Crippen molar-refractivity contribution in [2.24, 2.45) is 5.73 Å². The molecule has 0 aliphatic rings. The summed E-state index contributed by atoms with van der Waals surface area (Å²) in [5.74, 6) is -0.224. The van der Waals surface area contributed by atoms with Gasteiger partial charge in [0.1, 0.15) is 0 Å². The minimum absolute atomic E-state index is 0.0994. The second-order valence-corrected chi connectivity index (χ2v) is 3.32. The van der Waals surface area contributed by atoms with Gasteiger partial charge in [0.15, 0.2) is 0 Å². The van der Waals surface area contributed by atoms with Gasteiger partial charge in [0.25, 0.3) is 0 Å². The van der Waals surface area contributed by atoms with Crippen LogP contribution in [0.15, 0.2) is 24.3 Å². The van der Waals surface area contributed by atoms with Crippen LogP contribution in [0.5, 0.6) is 0 Å². The fourth-order valence-electron chi connectivity index (χ4n) is 1.19. The van der Waals surface area contributed by atoms with Crippen molar-refractivity contribution in [2.45, 2.75) is 26.0 Å². The molecule has 0 aliphatic heterocycles. The minimum Gasteiger partial charge on any atom is -0.392 e. The fourth-order valence-corrected chi connectivity index (χ4v) is 1.19. The highest BCUT2D eigenvalue weighted by atomic mass is 16.3. The summed E-state index contributed by atoms with van der Waals surface area (Å²) < 4.78 is 0. The Labute approximate surface area is 89.1 Å². The molecule has 1 aromatic carbocycles. The largest absolute Gasteiger partial charge is 0.392 e. The zero-order valence-corrected chi connectivity index (χ0v) is 8.73. The van der Waals surface area contributed by atoms with Crippen LogP contribution in [0, 0.1) is 0 Å². The highest BCUT2D eigenvalue weighted by Crippen LogP contribution is 2.14. The van der Waals surface area contributed by atoms with Crippen LogP contribution in [0.2, 0.25) is 0 Å². The summed E-state index contributed by atoms with van der Waals surface area (Å²) in [4.78, 5) is 11.5. The van der Waals surface area contributed by atoms with E-state index in [4.69, 9.17) is 10.8 Å². The van der Waals surface area contributed by atoms with Gasteiger partial charge in [0, 0.05) is 11.3 Å². The number of hydrogen-bond acceptors (Lipinski definition) is 3. The number of para-hydroxylation sites is 1. The Morgan fingerprint density at radius 3 is 2.80 bits per heavy atom. The summed E-state index contributed by atoms with van der Waals surface area (Å²) in [6.07, 6.45) is 0.590. The van der Waals surface area contributed by atoms with Gasteiger partial charge in [0.05, 0.1) is 12.6 Å². The Kier molecular flexibility index (Phi) is 4.27. The molecule has 0 aliphatic carbocycles. The molecule has 4 N–H and O–H groups in total. The van der Waals surface area contributed by atoms with Gasteiger partial charge in [-0.05, 0) is 12.5 Å². The smallest absolute Gasteiger partial charge is 0.241 e. The first-order chi connectivity index (χ1) is 7.19. The van der Waals surface area contributed by atoms with Crippen LogP contribution >= 0.6 is 0 Å². The molecule has 0 saturated carbocycles. The third-order valence-corrected chi connectivity index (χ3v) is 2.22. The number of nitrogens with one attached hydrogen (secondary N) is 1. The van der Waals surface area contributed by atoms with Gasteiger partial charge < -0.3 is 16.2 Å². The normalized spacial score (nSPS) is 12.2. The van der Waals surface area contributed by atoms with Crippen molar-refractivity contribution < 1.29 is 9.90 Å². The average molecular weight is 208 g/mol. The molecule has 0 heterocycles. The molecule has 0 saturated heterocycles. The van der Waals surface area contributed by atoms with Crippen molar-refractivity contribution in [2.75, 3.05) is 5.32 Å². The predicted molar refractivity (Wildman–Crippen MR) is 59.3 cm³/mol. The van der Waals surface area contributed by atoms with Crippen LogP contribution < -0.4 is 11.1 Å². The number of anilines is 1. The van der Waals surface area contributed by atoms with E-state index in [-0.39, 0.29) is 12.5 Å². The van der Waals surface area contributed by atoms with E-state index in [2.05, 4.69) is 5.32 Å². The first-order valence-corrected chi connectivity index (χ1v) is 4.94. The second kappa shape index (κ2) is 5.48. The number of amides is 1. The van der Waals surface area contributed by atoms with Gasteiger partial charge in [-0.2, -0.15) is 0 Å². The van der Waals surface area contributed by atoms with E-state index < -0.39 is 6.04 Å². The van der Waals surface area contributed by atoms with Crippen LogP contribution in [0.4, 0.5) is 5.69 Å². The van der Waals surface area contributed by atoms with E-state index in [1.807, 2.05) is 6.92 Å². The molecule has 0 bridgehead atoms. The van der Waals surface area contributed by atoms with Crippen molar-refractivity contribution >= 4 is 11.6 Å². The van der Waals surface area contributed by atoms with Crippen molar-refractivity contribution in [1.82, 2.24) is 0 Å². The maximum Gasteiger partial charge on any atom is 0.241 e. The van der Waals surface area contributed by atoms with E-state index >= 15 is 0 Å². The highest BCUT2D eigenvalue weighted by molar-refractivity contribution is 5.95. The zero-order valence-electron chi connectivity index (χ0n) is 8.73. The quantitative estimate of drug-likeness (QED) is 0.686. The molecule has 82 valence electrons. The van der Waals surface area contributed by atoms with Crippen LogP contribution in [0.25, 0.3) is 0 Å². The van der Waals surface area contributed by atoms with Gasteiger partial charge in [-0.3, -0.25) is 4.79 Å².